The predicted octanol–water partition coefficient (Wildman–Crippen LogP) is 3.86. The summed E-state index contributed by atoms with van der Waals surface area (Å²) in [6.07, 6.45) is 0. The molecule has 0 atom stereocenters. The Balaban J connectivity index is 2.81. The van der Waals surface area contributed by atoms with Crippen LogP contribution in [0.1, 0.15) is 17.3 Å². The number of ether oxygens (including phenoxy) is 1. The lowest BCUT2D eigenvalue weighted by Gasteiger charge is -2.08. The molecular weight excluding hydrogens is 305 g/mol. The minimum atomic E-state index is -0.118. The van der Waals surface area contributed by atoms with Gasteiger partial charge in [-0.05, 0) is 35.0 Å². The van der Waals surface area contributed by atoms with E-state index in [4.69, 9.17) is 16.3 Å². The van der Waals surface area contributed by atoms with E-state index in [2.05, 4.69) is 20.9 Å². The van der Waals surface area contributed by atoms with Gasteiger partial charge in [0.2, 0.25) is 0 Å². The van der Waals surface area contributed by atoms with Gasteiger partial charge in [0.25, 0.3) is 0 Å². The molecule has 0 bridgehead atoms. The number of rotatable bonds is 2. The largest absolute Gasteiger partial charge is 0.497 e. The summed E-state index contributed by atoms with van der Waals surface area (Å²) in [6, 6.07) is 5.35. The third-order valence-corrected chi connectivity index (χ3v) is 3.40. The monoisotopic (exact) mass is 313 g/mol. The van der Waals surface area contributed by atoms with Gasteiger partial charge < -0.3 is 4.74 Å². The summed E-state index contributed by atoms with van der Waals surface area (Å²) in [5.74, 6) is 0.579. The Bertz CT molecular complexity index is 613. The van der Waals surface area contributed by atoms with Crippen molar-refractivity contribution >= 4 is 44.2 Å². The molecule has 0 aliphatic heterocycles. The van der Waals surface area contributed by atoms with Crippen LogP contribution in [0.15, 0.2) is 22.8 Å². The van der Waals surface area contributed by atoms with E-state index in [1.165, 1.54) is 6.92 Å². The van der Waals surface area contributed by atoms with E-state index in [1.807, 2.05) is 0 Å². The molecule has 5 heteroatoms. The molecule has 0 unspecified atom stereocenters. The van der Waals surface area contributed by atoms with E-state index < -0.39 is 0 Å². The topological polar surface area (TPSA) is 39.2 Å². The summed E-state index contributed by atoms with van der Waals surface area (Å²) >= 11 is 9.46. The van der Waals surface area contributed by atoms with Gasteiger partial charge in [-0.3, -0.25) is 4.79 Å². The Morgan fingerprint density at radius 3 is 2.76 bits per heavy atom. The summed E-state index contributed by atoms with van der Waals surface area (Å²) in [5, 5.41) is 1.15. The first kappa shape index (κ1) is 12.3. The quantitative estimate of drug-likeness (QED) is 0.624. The first-order valence-corrected chi connectivity index (χ1v) is 6.05. The molecule has 0 aliphatic carbocycles. The first-order chi connectivity index (χ1) is 8.04. The van der Waals surface area contributed by atoms with E-state index in [0.717, 1.165) is 5.39 Å². The Kier molecular flexibility index (Phi) is 3.35. The van der Waals surface area contributed by atoms with Crippen LogP contribution >= 0.6 is 27.5 Å². The second kappa shape index (κ2) is 4.63. The van der Waals surface area contributed by atoms with Gasteiger partial charge in [0.1, 0.15) is 10.4 Å². The summed E-state index contributed by atoms with van der Waals surface area (Å²) < 4.78 is 5.57. The van der Waals surface area contributed by atoms with Gasteiger partial charge in [0, 0.05) is 11.5 Å². The number of halogens is 2. The second-order valence-electron chi connectivity index (χ2n) is 3.53. The van der Waals surface area contributed by atoms with Crippen molar-refractivity contribution in [1.82, 2.24) is 4.98 Å². The molecule has 1 heterocycles. The maximum Gasteiger partial charge on any atom is 0.164 e. The third-order valence-electron chi connectivity index (χ3n) is 2.44. The maximum atomic E-state index is 11.5. The number of nitrogens with zero attached hydrogens (tertiary/aromatic N) is 1. The molecule has 0 fully saturated rings. The van der Waals surface area contributed by atoms with Crippen LogP contribution in [0.3, 0.4) is 0 Å². The van der Waals surface area contributed by atoms with Crippen molar-refractivity contribution in [1.29, 1.82) is 0 Å². The Hall–Kier alpha value is -1.13. The molecule has 1 aromatic heterocycles. The maximum absolute atomic E-state index is 11.5. The number of pyridine rings is 1. The second-order valence-corrected chi connectivity index (χ2v) is 4.66. The van der Waals surface area contributed by atoms with Crippen LogP contribution in [-0.4, -0.2) is 17.9 Å². The van der Waals surface area contributed by atoms with Gasteiger partial charge in [-0.15, -0.1) is 0 Å². The highest BCUT2D eigenvalue weighted by atomic mass is 79.9. The number of hydrogen-bond acceptors (Lipinski definition) is 3. The zero-order chi connectivity index (χ0) is 12.6. The Labute approximate surface area is 112 Å². The van der Waals surface area contributed by atoms with Gasteiger partial charge in [0.15, 0.2) is 5.78 Å². The van der Waals surface area contributed by atoms with Crippen molar-refractivity contribution < 1.29 is 9.53 Å². The number of hydrogen-bond donors (Lipinski definition) is 0. The average molecular weight is 315 g/mol. The molecule has 2 rings (SSSR count). The number of aromatic nitrogens is 1. The van der Waals surface area contributed by atoms with Crippen LogP contribution < -0.4 is 4.74 Å². The fourth-order valence-electron chi connectivity index (χ4n) is 1.60. The van der Waals surface area contributed by atoms with Crippen molar-refractivity contribution in [2.75, 3.05) is 7.11 Å². The van der Waals surface area contributed by atoms with Crippen molar-refractivity contribution in [2.24, 2.45) is 0 Å². The summed E-state index contributed by atoms with van der Waals surface area (Å²) in [7, 11) is 1.59. The molecule has 1 aromatic carbocycles. The number of benzene rings is 1. The number of carbonyl (C=O) groups excluding carboxylic acids is 1. The molecule has 0 amide bonds. The van der Waals surface area contributed by atoms with E-state index in [0.29, 0.717) is 26.5 Å². The van der Waals surface area contributed by atoms with Gasteiger partial charge in [0.05, 0.1) is 23.2 Å². The Morgan fingerprint density at radius 2 is 2.18 bits per heavy atom. The van der Waals surface area contributed by atoms with Crippen LogP contribution in [0.25, 0.3) is 10.9 Å². The fraction of sp³-hybridized carbons (Fsp3) is 0.167. The molecule has 0 spiro atoms. The summed E-state index contributed by atoms with van der Waals surface area (Å²) in [5.41, 5.74) is 1.09. The lowest BCUT2D eigenvalue weighted by atomic mass is 10.1. The minimum absolute atomic E-state index is 0.118. The highest BCUT2D eigenvalue weighted by Gasteiger charge is 2.15. The van der Waals surface area contributed by atoms with Crippen LogP contribution in [0.2, 0.25) is 5.02 Å². The molecule has 88 valence electrons. The molecule has 3 nitrogen and oxygen atoms in total. The number of Topliss-reactive ketones (excluding diaryl/α,β-unsaturated/α-hetero) is 1. The lowest BCUT2D eigenvalue weighted by molar-refractivity contribution is 0.101. The first-order valence-electron chi connectivity index (χ1n) is 4.88. The number of methoxy groups -OCH3 is 1. The SMILES string of the molecule is COc1ccc2c(Cl)c(C(C)=O)c(Br)nc2c1. The van der Waals surface area contributed by atoms with Crippen molar-refractivity contribution in [3.8, 4) is 5.75 Å². The smallest absolute Gasteiger partial charge is 0.164 e. The molecule has 2 aromatic rings. The van der Waals surface area contributed by atoms with E-state index in [9.17, 15) is 4.79 Å². The highest BCUT2D eigenvalue weighted by Crippen LogP contribution is 2.32. The zero-order valence-corrected chi connectivity index (χ0v) is 11.6. The van der Waals surface area contributed by atoms with Crippen molar-refractivity contribution in [3.63, 3.8) is 0 Å². The van der Waals surface area contributed by atoms with Gasteiger partial charge in [-0.25, -0.2) is 4.98 Å². The Morgan fingerprint density at radius 1 is 1.47 bits per heavy atom. The molecule has 0 N–H and O–H groups in total. The highest BCUT2D eigenvalue weighted by molar-refractivity contribution is 9.10. The van der Waals surface area contributed by atoms with Crippen LogP contribution in [0, 0.1) is 0 Å². The van der Waals surface area contributed by atoms with Gasteiger partial charge in [-0.2, -0.15) is 0 Å². The minimum Gasteiger partial charge on any atom is -0.497 e. The van der Waals surface area contributed by atoms with E-state index >= 15 is 0 Å². The lowest BCUT2D eigenvalue weighted by Crippen LogP contribution is -1.99. The normalized spacial score (nSPS) is 10.6. The number of ketones is 1. The van der Waals surface area contributed by atoms with Gasteiger partial charge in [-0.1, -0.05) is 11.6 Å². The fourth-order valence-corrected chi connectivity index (χ4v) is 2.77. The molecule has 0 saturated heterocycles. The number of fused-ring (bicyclic) bond motifs is 1. The summed E-state index contributed by atoms with van der Waals surface area (Å²) in [6.45, 7) is 1.46. The third kappa shape index (κ3) is 2.15. The predicted molar refractivity (Wildman–Crippen MR) is 71.0 cm³/mol. The van der Waals surface area contributed by atoms with E-state index in [-0.39, 0.29) is 5.78 Å². The molecular formula is C12H9BrClNO2. The van der Waals surface area contributed by atoms with E-state index in [1.54, 1.807) is 25.3 Å². The summed E-state index contributed by atoms with van der Waals surface area (Å²) in [4.78, 5) is 15.8. The zero-order valence-electron chi connectivity index (χ0n) is 9.25. The number of carbonyl (C=O) groups is 1. The van der Waals surface area contributed by atoms with Crippen LogP contribution in [-0.2, 0) is 0 Å². The molecule has 0 aliphatic rings. The van der Waals surface area contributed by atoms with Crippen LogP contribution in [0.4, 0.5) is 0 Å². The average Bonchev–Trinajstić information content (AvgIpc) is 2.27. The van der Waals surface area contributed by atoms with Crippen LogP contribution in [0.5, 0.6) is 5.75 Å². The molecule has 0 saturated carbocycles. The standard InChI is InChI=1S/C12H9BrClNO2/c1-6(16)10-11(14)8-4-3-7(17-2)5-9(8)15-12(10)13/h3-5H,1-2H3. The van der Waals surface area contributed by atoms with Crippen molar-refractivity contribution in [2.45, 2.75) is 6.92 Å². The van der Waals surface area contributed by atoms with Gasteiger partial charge >= 0.3 is 0 Å². The molecule has 0 radical (unpaired) electrons. The molecule has 17 heavy (non-hydrogen) atoms. The van der Waals surface area contributed by atoms with Crippen molar-refractivity contribution in [3.05, 3.63) is 33.4 Å².